The maximum atomic E-state index is 13.2. The van der Waals surface area contributed by atoms with Crippen LogP contribution in [-0.2, 0) is 6.54 Å². The Hall–Kier alpha value is -2.75. The van der Waals surface area contributed by atoms with Gasteiger partial charge in [0.25, 0.3) is 5.91 Å². The molecule has 1 aliphatic rings. The van der Waals surface area contributed by atoms with E-state index in [1.54, 1.807) is 19.1 Å². The molecule has 1 amide bonds. The predicted octanol–water partition coefficient (Wildman–Crippen LogP) is 2.82. The van der Waals surface area contributed by atoms with Gasteiger partial charge in [0, 0.05) is 30.9 Å². The molecule has 0 radical (unpaired) electrons. The molecule has 32 heavy (non-hydrogen) atoms. The number of pyridine rings is 1. The molecule has 1 heterocycles. The van der Waals surface area contributed by atoms with Crippen molar-refractivity contribution in [1.82, 2.24) is 15.4 Å². The first-order valence-electron chi connectivity index (χ1n) is 10.4. The number of carbonyl (C=O) groups is 1. The zero-order valence-electron chi connectivity index (χ0n) is 18.4. The third-order valence-electron chi connectivity index (χ3n) is 4.83. The lowest BCUT2D eigenvalue weighted by Crippen LogP contribution is -2.27. The zero-order chi connectivity index (χ0) is 23.7. The van der Waals surface area contributed by atoms with Crippen LogP contribution < -0.4 is 22.6 Å². The summed E-state index contributed by atoms with van der Waals surface area (Å²) in [6.07, 6.45) is 6.66. The van der Waals surface area contributed by atoms with Gasteiger partial charge in [0.15, 0.2) is 5.84 Å². The second kappa shape index (κ2) is 12.3. The Bertz CT molecular complexity index is 946. The Morgan fingerprint density at radius 2 is 1.97 bits per heavy atom. The summed E-state index contributed by atoms with van der Waals surface area (Å²) >= 11 is 5.72. The van der Waals surface area contributed by atoms with E-state index in [2.05, 4.69) is 15.4 Å². The molecule has 174 valence electrons. The molecule has 1 fully saturated rings. The average molecular weight is 464 g/mol. The van der Waals surface area contributed by atoms with Crippen molar-refractivity contribution in [3.8, 4) is 0 Å². The van der Waals surface area contributed by atoms with Crippen LogP contribution >= 0.6 is 11.6 Å². The van der Waals surface area contributed by atoms with Gasteiger partial charge in [-0.25, -0.2) is 20.3 Å². The molecule has 10 heteroatoms. The molecule has 7 N–H and O–H groups in total. The Morgan fingerprint density at radius 3 is 2.53 bits per heavy atom. The number of amides is 1. The minimum atomic E-state index is -0.513. The highest BCUT2D eigenvalue weighted by Gasteiger charge is 2.12. The molecule has 0 aliphatic heterocycles. The fraction of sp³-hybridized carbons (Fsp3) is 0.409. The summed E-state index contributed by atoms with van der Waals surface area (Å²) < 4.78 is 13.2. The number of hydrogen-bond acceptors (Lipinski definition) is 6. The van der Waals surface area contributed by atoms with Crippen molar-refractivity contribution in [3.05, 3.63) is 63.7 Å². The van der Waals surface area contributed by atoms with Gasteiger partial charge in [-0.15, -0.1) is 5.10 Å². The molecular weight excluding hydrogens is 433 g/mol. The van der Waals surface area contributed by atoms with Crippen molar-refractivity contribution in [2.75, 3.05) is 7.05 Å². The van der Waals surface area contributed by atoms with Gasteiger partial charge in [-0.1, -0.05) is 36.9 Å². The Kier molecular flexibility index (Phi) is 9.83. The zero-order valence-corrected chi connectivity index (χ0v) is 19.2. The summed E-state index contributed by atoms with van der Waals surface area (Å²) in [4.78, 5) is 16.5. The molecule has 0 saturated heterocycles. The molecule has 0 spiro atoms. The van der Waals surface area contributed by atoms with E-state index in [9.17, 15) is 9.18 Å². The van der Waals surface area contributed by atoms with Crippen molar-refractivity contribution < 1.29 is 9.18 Å². The van der Waals surface area contributed by atoms with Crippen LogP contribution in [0.2, 0.25) is 5.02 Å². The molecule has 1 aromatic heterocycles. The lowest BCUT2D eigenvalue weighted by molar-refractivity contribution is 0.0945. The third-order valence-corrected chi connectivity index (χ3v) is 5.12. The van der Waals surface area contributed by atoms with E-state index in [1.165, 1.54) is 57.4 Å². The standard InChI is InChI=1S/C16H18ClFN6O.C6H13N/c1-9-5-11(15(19)23-24(2)20)7-14(22-9)16(25)21-8-10-3-4-13(18)12(17)6-10;7-6-4-2-1-3-5-6/h3-7H,8,20H2,1-2H3,(H2,19,23)(H,21,25);6H,1-5,7H2. The van der Waals surface area contributed by atoms with E-state index < -0.39 is 11.7 Å². The van der Waals surface area contributed by atoms with Gasteiger partial charge >= 0.3 is 0 Å². The highest BCUT2D eigenvalue weighted by molar-refractivity contribution is 6.30. The number of hydrazine groups is 1. The number of halogens is 2. The molecule has 0 bridgehead atoms. The number of carbonyl (C=O) groups excluding carboxylic acids is 1. The minimum absolute atomic E-state index is 0.00222. The summed E-state index contributed by atoms with van der Waals surface area (Å²) in [6.45, 7) is 1.92. The average Bonchev–Trinajstić information content (AvgIpc) is 2.74. The molecule has 0 atom stereocenters. The lowest BCUT2D eigenvalue weighted by atomic mass is 9.97. The third kappa shape index (κ3) is 8.41. The maximum Gasteiger partial charge on any atom is 0.270 e. The van der Waals surface area contributed by atoms with Gasteiger partial charge in [-0.3, -0.25) is 4.79 Å². The van der Waals surface area contributed by atoms with Crippen LogP contribution in [0.1, 0.15) is 59.4 Å². The van der Waals surface area contributed by atoms with Crippen molar-refractivity contribution in [1.29, 1.82) is 0 Å². The number of nitrogens with two attached hydrogens (primary N) is 3. The largest absolute Gasteiger partial charge is 0.382 e. The van der Waals surface area contributed by atoms with Crippen molar-refractivity contribution in [2.45, 2.75) is 51.6 Å². The van der Waals surface area contributed by atoms with Gasteiger partial charge in [-0.2, -0.15) is 0 Å². The summed E-state index contributed by atoms with van der Waals surface area (Å²) in [5, 5.41) is 7.66. The molecule has 8 nitrogen and oxygen atoms in total. The molecule has 1 aliphatic carbocycles. The summed E-state index contributed by atoms with van der Waals surface area (Å²) in [5.74, 6) is 4.68. The Labute approximate surface area is 193 Å². The van der Waals surface area contributed by atoms with E-state index >= 15 is 0 Å². The quantitative estimate of drug-likeness (QED) is 0.233. The second-order valence-corrected chi connectivity index (χ2v) is 8.18. The number of hydrazone groups is 1. The van der Waals surface area contributed by atoms with E-state index in [0.29, 0.717) is 22.9 Å². The van der Waals surface area contributed by atoms with E-state index in [4.69, 9.17) is 28.9 Å². The number of rotatable bonds is 5. The topological polar surface area (TPSA) is 136 Å². The summed E-state index contributed by atoms with van der Waals surface area (Å²) in [7, 11) is 1.53. The van der Waals surface area contributed by atoms with Crippen LogP contribution in [-0.4, -0.2) is 34.9 Å². The number of aryl methyl sites for hydroxylation is 1. The van der Waals surface area contributed by atoms with Gasteiger partial charge in [0.05, 0.1) is 5.02 Å². The number of benzene rings is 1. The van der Waals surface area contributed by atoms with Crippen molar-refractivity contribution in [2.24, 2.45) is 22.4 Å². The lowest BCUT2D eigenvalue weighted by Gasteiger charge is -2.15. The van der Waals surface area contributed by atoms with E-state index in [0.717, 1.165) is 5.12 Å². The van der Waals surface area contributed by atoms with E-state index in [-0.39, 0.29) is 23.1 Å². The number of nitrogens with one attached hydrogen (secondary N) is 1. The molecule has 0 unspecified atom stereocenters. The highest BCUT2D eigenvalue weighted by Crippen LogP contribution is 2.16. The van der Waals surface area contributed by atoms with E-state index in [1.807, 2.05) is 0 Å². The van der Waals surface area contributed by atoms with Crippen LogP contribution in [0.4, 0.5) is 4.39 Å². The van der Waals surface area contributed by atoms with Crippen LogP contribution in [0.3, 0.4) is 0 Å². The SMILES string of the molecule is Cc1cc(/C(N)=N/N(C)N)cc(C(=O)NCc2ccc(F)c(Cl)c2)n1.NC1CCCCC1. The molecular formula is C22H31ClFN7O. The summed E-state index contributed by atoms with van der Waals surface area (Å²) in [5.41, 5.74) is 13.5. The van der Waals surface area contributed by atoms with Gasteiger partial charge < -0.3 is 16.8 Å². The van der Waals surface area contributed by atoms with Gasteiger partial charge in [0.2, 0.25) is 0 Å². The van der Waals surface area contributed by atoms with Gasteiger partial charge in [-0.05, 0) is 49.6 Å². The second-order valence-electron chi connectivity index (χ2n) is 7.77. The number of hydrogen-bond donors (Lipinski definition) is 4. The van der Waals surface area contributed by atoms with Gasteiger partial charge in [0.1, 0.15) is 11.5 Å². The number of amidine groups is 1. The first-order valence-corrected chi connectivity index (χ1v) is 10.8. The summed E-state index contributed by atoms with van der Waals surface area (Å²) in [6, 6.07) is 7.98. The van der Waals surface area contributed by atoms with Crippen LogP contribution in [0.15, 0.2) is 35.4 Å². The minimum Gasteiger partial charge on any atom is -0.382 e. The highest BCUT2D eigenvalue weighted by atomic mass is 35.5. The Balaban J connectivity index is 0.000000439. The molecule has 1 saturated carbocycles. The maximum absolute atomic E-state index is 13.2. The Morgan fingerprint density at radius 1 is 1.28 bits per heavy atom. The smallest absolute Gasteiger partial charge is 0.270 e. The van der Waals surface area contributed by atoms with Crippen LogP contribution in [0.25, 0.3) is 0 Å². The fourth-order valence-corrected chi connectivity index (χ4v) is 3.42. The van der Waals surface area contributed by atoms with Crippen LogP contribution in [0, 0.1) is 12.7 Å². The van der Waals surface area contributed by atoms with Crippen LogP contribution in [0.5, 0.6) is 0 Å². The number of aromatic nitrogens is 1. The molecule has 3 rings (SSSR count). The first-order chi connectivity index (χ1) is 15.2. The predicted molar refractivity (Wildman–Crippen MR) is 125 cm³/mol. The van der Waals surface area contributed by atoms with Crippen molar-refractivity contribution >= 4 is 23.3 Å². The normalized spacial score (nSPS) is 14.4. The fourth-order valence-electron chi connectivity index (χ4n) is 3.22. The number of nitrogens with zero attached hydrogens (tertiary/aromatic N) is 3. The first kappa shape index (κ1) is 25.5. The monoisotopic (exact) mass is 463 g/mol. The molecule has 2 aromatic rings. The molecule has 1 aromatic carbocycles. The van der Waals surface area contributed by atoms with Crippen molar-refractivity contribution in [3.63, 3.8) is 0 Å².